The molecule has 2 fully saturated rings. The largest absolute Gasteiger partial charge is 0.508 e. The Morgan fingerprint density at radius 3 is 2.92 bits per heavy atom. The van der Waals surface area contributed by atoms with E-state index in [-0.39, 0.29) is 12.2 Å². The molecule has 1 aromatic carbocycles. The van der Waals surface area contributed by atoms with Crippen LogP contribution < -0.4 is 0 Å². The fourth-order valence-corrected chi connectivity index (χ4v) is 3.50. The van der Waals surface area contributed by atoms with E-state index >= 15 is 0 Å². The number of morpholine rings is 1. The summed E-state index contributed by atoms with van der Waals surface area (Å²) in [5.41, 5.74) is 1.81. The van der Waals surface area contributed by atoms with Gasteiger partial charge in [0, 0.05) is 37.6 Å². The highest BCUT2D eigenvalue weighted by atomic mass is 16.7. The number of phenolic OH excluding ortho intramolecular Hbond substituents is 1. The van der Waals surface area contributed by atoms with E-state index in [0.29, 0.717) is 25.5 Å². The molecule has 140 valence electrons. The summed E-state index contributed by atoms with van der Waals surface area (Å²) in [6, 6.07) is 7.44. The molecule has 0 bridgehead atoms. The topological polar surface area (TPSA) is 69.0 Å². The summed E-state index contributed by atoms with van der Waals surface area (Å²) in [6.45, 7) is 7.25. The summed E-state index contributed by atoms with van der Waals surface area (Å²) >= 11 is 0. The molecule has 2 aliphatic heterocycles. The molecule has 4 rings (SSSR count). The number of aromatic nitrogens is 2. The van der Waals surface area contributed by atoms with Crippen molar-refractivity contribution in [1.29, 1.82) is 0 Å². The minimum atomic E-state index is -0.549. The van der Waals surface area contributed by atoms with Crippen molar-refractivity contribution >= 4 is 0 Å². The summed E-state index contributed by atoms with van der Waals surface area (Å²) in [6.07, 6.45) is 3.54. The molecule has 2 atom stereocenters. The quantitative estimate of drug-likeness (QED) is 0.900. The van der Waals surface area contributed by atoms with E-state index in [0.717, 1.165) is 24.3 Å². The SMILES string of the molecule is CC1(C)OC[C@@H]([C@@H]2CN(Cc3cc(-n4cccn4)ccc3O)CCO2)O1. The van der Waals surface area contributed by atoms with Gasteiger partial charge in [0.1, 0.15) is 11.9 Å². The maximum atomic E-state index is 10.3. The molecule has 1 N–H and O–H groups in total. The Morgan fingerprint density at radius 2 is 2.19 bits per heavy atom. The van der Waals surface area contributed by atoms with Gasteiger partial charge in [0.05, 0.1) is 25.0 Å². The molecule has 7 heteroatoms. The first-order chi connectivity index (χ1) is 12.5. The minimum absolute atomic E-state index is 0.0260. The first-order valence-corrected chi connectivity index (χ1v) is 8.98. The van der Waals surface area contributed by atoms with Gasteiger partial charge in [-0.25, -0.2) is 4.68 Å². The molecule has 7 nitrogen and oxygen atoms in total. The molecule has 0 spiro atoms. The number of benzene rings is 1. The first-order valence-electron chi connectivity index (χ1n) is 8.98. The van der Waals surface area contributed by atoms with Crippen LogP contribution in [0.1, 0.15) is 19.4 Å². The lowest BCUT2D eigenvalue weighted by Gasteiger charge is -2.35. The molecule has 0 aliphatic carbocycles. The first kappa shape index (κ1) is 17.5. The van der Waals surface area contributed by atoms with Gasteiger partial charge >= 0.3 is 0 Å². The van der Waals surface area contributed by atoms with Crippen molar-refractivity contribution in [2.75, 3.05) is 26.3 Å². The highest BCUT2D eigenvalue weighted by Crippen LogP contribution is 2.28. The van der Waals surface area contributed by atoms with Gasteiger partial charge in [-0.1, -0.05) is 0 Å². The Balaban J connectivity index is 1.44. The molecule has 26 heavy (non-hydrogen) atoms. The van der Waals surface area contributed by atoms with E-state index in [9.17, 15) is 5.11 Å². The molecule has 0 radical (unpaired) electrons. The minimum Gasteiger partial charge on any atom is -0.508 e. The van der Waals surface area contributed by atoms with Crippen LogP contribution in [-0.4, -0.2) is 64.1 Å². The second-order valence-corrected chi connectivity index (χ2v) is 7.28. The molecule has 2 aliphatic rings. The van der Waals surface area contributed by atoms with Gasteiger partial charge < -0.3 is 19.3 Å². The molecule has 0 amide bonds. The van der Waals surface area contributed by atoms with Crippen LogP contribution in [0.2, 0.25) is 0 Å². The number of phenols is 1. The van der Waals surface area contributed by atoms with E-state index in [4.69, 9.17) is 14.2 Å². The van der Waals surface area contributed by atoms with Crippen LogP contribution in [0.5, 0.6) is 5.75 Å². The predicted octanol–water partition coefficient (Wildman–Crippen LogP) is 1.93. The molecular formula is C19H25N3O4. The van der Waals surface area contributed by atoms with Crippen molar-refractivity contribution < 1.29 is 19.3 Å². The summed E-state index contributed by atoms with van der Waals surface area (Å²) in [4.78, 5) is 2.28. The normalized spacial score (nSPS) is 26.2. The third-order valence-corrected chi connectivity index (χ3v) is 4.85. The average molecular weight is 359 g/mol. The van der Waals surface area contributed by atoms with E-state index in [1.165, 1.54) is 0 Å². The lowest BCUT2D eigenvalue weighted by Crippen LogP contribution is -2.48. The lowest BCUT2D eigenvalue weighted by atomic mass is 10.1. The Bertz CT molecular complexity index is 747. The molecule has 0 saturated carbocycles. The van der Waals surface area contributed by atoms with Crippen molar-refractivity contribution in [1.82, 2.24) is 14.7 Å². The third kappa shape index (κ3) is 3.76. The predicted molar refractivity (Wildman–Crippen MR) is 95.1 cm³/mol. The summed E-state index contributed by atoms with van der Waals surface area (Å²) < 4.78 is 19.3. The highest BCUT2D eigenvalue weighted by Gasteiger charge is 2.39. The van der Waals surface area contributed by atoms with Crippen LogP contribution in [0.25, 0.3) is 5.69 Å². The van der Waals surface area contributed by atoms with Crippen molar-refractivity contribution in [2.24, 2.45) is 0 Å². The third-order valence-electron chi connectivity index (χ3n) is 4.85. The van der Waals surface area contributed by atoms with Gasteiger partial charge in [-0.2, -0.15) is 5.10 Å². The highest BCUT2D eigenvalue weighted by molar-refractivity contribution is 5.43. The second kappa shape index (κ2) is 7.00. The molecule has 2 saturated heterocycles. The number of nitrogens with zero attached hydrogens (tertiary/aromatic N) is 3. The van der Waals surface area contributed by atoms with Crippen LogP contribution in [0.15, 0.2) is 36.7 Å². The van der Waals surface area contributed by atoms with Crippen LogP contribution >= 0.6 is 0 Å². The summed E-state index contributed by atoms with van der Waals surface area (Å²) in [5.74, 6) is -0.252. The van der Waals surface area contributed by atoms with Crippen LogP contribution in [-0.2, 0) is 20.8 Å². The Morgan fingerprint density at radius 1 is 1.31 bits per heavy atom. The number of hydrogen-bond acceptors (Lipinski definition) is 6. The zero-order valence-corrected chi connectivity index (χ0v) is 15.2. The zero-order chi connectivity index (χ0) is 18.1. The van der Waals surface area contributed by atoms with E-state index < -0.39 is 5.79 Å². The van der Waals surface area contributed by atoms with Gasteiger partial charge in [-0.15, -0.1) is 0 Å². The Kier molecular flexibility index (Phi) is 4.71. The van der Waals surface area contributed by atoms with Crippen LogP contribution in [0.3, 0.4) is 0 Å². The van der Waals surface area contributed by atoms with Crippen molar-refractivity contribution in [3.05, 3.63) is 42.2 Å². The number of ether oxygens (including phenoxy) is 3. The molecule has 3 heterocycles. The molecular weight excluding hydrogens is 334 g/mol. The Hall–Kier alpha value is -1.93. The number of rotatable bonds is 4. The van der Waals surface area contributed by atoms with Gasteiger partial charge in [-0.3, -0.25) is 4.90 Å². The van der Waals surface area contributed by atoms with Gasteiger partial charge in [0.15, 0.2) is 5.79 Å². The van der Waals surface area contributed by atoms with Crippen molar-refractivity contribution in [3.8, 4) is 11.4 Å². The monoisotopic (exact) mass is 359 g/mol. The van der Waals surface area contributed by atoms with E-state index in [1.807, 2.05) is 38.2 Å². The maximum absolute atomic E-state index is 10.3. The maximum Gasteiger partial charge on any atom is 0.163 e. The van der Waals surface area contributed by atoms with Gasteiger partial charge in [-0.05, 0) is 38.1 Å². The standard InChI is InChI=1S/C19H25N3O4/c1-19(2)25-13-18(26-19)17-12-21(8-9-24-17)11-14-10-15(4-5-16(14)23)22-7-3-6-20-22/h3-7,10,17-18,23H,8-9,11-13H2,1-2H3/t17-,18-/m0/s1. The average Bonchev–Trinajstić information content (AvgIpc) is 3.27. The van der Waals surface area contributed by atoms with E-state index in [2.05, 4.69) is 10.00 Å². The summed E-state index contributed by atoms with van der Waals surface area (Å²) in [7, 11) is 0. The number of hydrogen-bond donors (Lipinski definition) is 1. The second-order valence-electron chi connectivity index (χ2n) is 7.28. The molecule has 1 aromatic heterocycles. The van der Waals surface area contributed by atoms with Crippen molar-refractivity contribution in [3.63, 3.8) is 0 Å². The zero-order valence-electron chi connectivity index (χ0n) is 15.2. The summed E-state index contributed by atoms with van der Waals surface area (Å²) in [5, 5.41) is 14.5. The molecule has 0 unspecified atom stereocenters. The Labute approximate surface area is 153 Å². The number of aromatic hydroxyl groups is 1. The van der Waals surface area contributed by atoms with Crippen LogP contribution in [0.4, 0.5) is 0 Å². The smallest absolute Gasteiger partial charge is 0.163 e. The fraction of sp³-hybridized carbons (Fsp3) is 0.526. The lowest BCUT2D eigenvalue weighted by molar-refractivity contribution is -0.165. The van der Waals surface area contributed by atoms with Gasteiger partial charge in [0.2, 0.25) is 0 Å². The van der Waals surface area contributed by atoms with E-state index in [1.54, 1.807) is 16.9 Å². The van der Waals surface area contributed by atoms with Gasteiger partial charge in [0.25, 0.3) is 0 Å². The molecule has 2 aromatic rings. The van der Waals surface area contributed by atoms with Crippen LogP contribution in [0, 0.1) is 0 Å². The fourth-order valence-electron chi connectivity index (χ4n) is 3.50. The van der Waals surface area contributed by atoms with Crippen molar-refractivity contribution in [2.45, 2.75) is 38.4 Å².